The van der Waals surface area contributed by atoms with Crippen LogP contribution in [-0.4, -0.2) is 45.3 Å². The largest absolute Gasteiger partial charge is 0.338 e. The van der Waals surface area contributed by atoms with Crippen molar-refractivity contribution in [2.24, 2.45) is 11.8 Å². The van der Waals surface area contributed by atoms with Gasteiger partial charge in [0.25, 0.3) is 0 Å². The lowest BCUT2D eigenvalue weighted by Crippen LogP contribution is -2.40. The molecule has 6 heteroatoms. The van der Waals surface area contributed by atoms with Crippen LogP contribution in [0.3, 0.4) is 0 Å². The Morgan fingerprint density at radius 3 is 2.81 bits per heavy atom. The number of hydrogen-bond acceptors (Lipinski definition) is 3. The van der Waals surface area contributed by atoms with E-state index in [-0.39, 0.29) is 6.03 Å². The van der Waals surface area contributed by atoms with Crippen LogP contribution in [0.2, 0.25) is 0 Å². The van der Waals surface area contributed by atoms with Crippen molar-refractivity contribution < 1.29 is 4.79 Å². The molecule has 21 heavy (non-hydrogen) atoms. The molecular formula is C15H23N5O. The third kappa shape index (κ3) is 2.40. The maximum absolute atomic E-state index is 12.2. The van der Waals surface area contributed by atoms with Gasteiger partial charge in [-0.3, -0.25) is 0 Å². The predicted octanol–water partition coefficient (Wildman–Crippen LogP) is 1.21. The van der Waals surface area contributed by atoms with E-state index in [1.165, 1.54) is 25.7 Å². The Morgan fingerprint density at radius 2 is 2.00 bits per heavy atom. The summed E-state index contributed by atoms with van der Waals surface area (Å²) < 4.78 is 2.20. The van der Waals surface area contributed by atoms with Crippen LogP contribution in [0.4, 0.5) is 4.79 Å². The Hall–Kier alpha value is -1.59. The summed E-state index contributed by atoms with van der Waals surface area (Å²) in [6.45, 7) is 3.59. The first-order valence-electron chi connectivity index (χ1n) is 8.25. The summed E-state index contributed by atoms with van der Waals surface area (Å²) in [4.78, 5) is 14.2. The average Bonchev–Trinajstić information content (AvgIpc) is 3.19. The van der Waals surface area contributed by atoms with Crippen LogP contribution in [0, 0.1) is 11.8 Å². The highest BCUT2D eigenvalue weighted by Gasteiger charge is 2.37. The first-order chi connectivity index (χ1) is 10.3. The van der Waals surface area contributed by atoms with Crippen LogP contribution in [-0.2, 0) is 19.4 Å². The maximum atomic E-state index is 12.2. The molecule has 1 saturated carbocycles. The number of likely N-dealkylation sites (tertiary alicyclic amines) is 1. The molecule has 3 heterocycles. The standard InChI is InChI=1S/C15H23N5O/c21-15(19-9-11-3-1-4-12(11)10-19)16-7-6-14-18-17-13-5-2-8-20(13)14/h11-12H,1-10H2,(H,16,21)/t11-,12-/m0/s1. The van der Waals surface area contributed by atoms with Crippen molar-refractivity contribution in [1.29, 1.82) is 0 Å². The lowest BCUT2D eigenvalue weighted by Gasteiger charge is -2.18. The summed E-state index contributed by atoms with van der Waals surface area (Å²) in [5.74, 6) is 3.64. The van der Waals surface area contributed by atoms with E-state index < -0.39 is 0 Å². The molecule has 4 rings (SSSR count). The number of aryl methyl sites for hydroxylation is 1. The van der Waals surface area contributed by atoms with E-state index in [4.69, 9.17) is 0 Å². The van der Waals surface area contributed by atoms with Crippen molar-refractivity contribution >= 4 is 6.03 Å². The van der Waals surface area contributed by atoms with E-state index in [0.717, 1.165) is 56.0 Å². The Bertz CT molecular complexity index is 528. The summed E-state index contributed by atoms with van der Waals surface area (Å²) in [5, 5.41) is 11.5. The fourth-order valence-electron chi connectivity index (χ4n) is 4.19. The smallest absolute Gasteiger partial charge is 0.317 e. The van der Waals surface area contributed by atoms with Gasteiger partial charge in [0, 0.05) is 39.0 Å². The fourth-order valence-corrected chi connectivity index (χ4v) is 4.19. The fraction of sp³-hybridized carbons (Fsp3) is 0.800. The second-order valence-electron chi connectivity index (χ2n) is 6.63. The molecule has 0 radical (unpaired) electrons. The van der Waals surface area contributed by atoms with Gasteiger partial charge in [0.05, 0.1) is 0 Å². The summed E-state index contributed by atoms with van der Waals surface area (Å²) in [7, 11) is 0. The molecule has 1 aromatic rings. The van der Waals surface area contributed by atoms with E-state index in [1.54, 1.807) is 0 Å². The van der Waals surface area contributed by atoms with Crippen molar-refractivity contribution in [3.05, 3.63) is 11.6 Å². The molecule has 1 N–H and O–H groups in total. The van der Waals surface area contributed by atoms with Gasteiger partial charge in [0.2, 0.25) is 0 Å². The van der Waals surface area contributed by atoms with Crippen LogP contribution in [0.25, 0.3) is 0 Å². The zero-order valence-electron chi connectivity index (χ0n) is 12.4. The van der Waals surface area contributed by atoms with E-state index in [2.05, 4.69) is 20.1 Å². The van der Waals surface area contributed by atoms with Crippen LogP contribution in [0.15, 0.2) is 0 Å². The molecule has 6 nitrogen and oxygen atoms in total. The molecule has 2 amide bonds. The Morgan fingerprint density at radius 1 is 1.19 bits per heavy atom. The first-order valence-corrected chi connectivity index (χ1v) is 8.25. The molecule has 1 aromatic heterocycles. The maximum Gasteiger partial charge on any atom is 0.317 e. The van der Waals surface area contributed by atoms with Gasteiger partial charge in [-0.1, -0.05) is 6.42 Å². The normalized spacial score (nSPS) is 27.0. The monoisotopic (exact) mass is 289 g/mol. The van der Waals surface area contributed by atoms with Crippen LogP contribution < -0.4 is 5.32 Å². The minimum Gasteiger partial charge on any atom is -0.338 e. The number of carbonyl (C=O) groups excluding carboxylic acids is 1. The summed E-state index contributed by atoms with van der Waals surface area (Å²) in [6, 6.07) is 0.102. The van der Waals surface area contributed by atoms with Gasteiger partial charge in [-0.15, -0.1) is 10.2 Å². The number of rotatable bonds is 3. The van der Waals surface area contributed by atoms with Crippen LogP contribution in [0.5, 0.6) is 0 Å². The highest BCUT2D eigenvalue weighted by Crippen LogP contribution is 2.37. The summed E-state index contributed by atoms with van der Waals surface area (Å²) >= 11 is 0. The molecule has 0 unspecified atom stereocenters. The van der Waals surface area contributed by atoms with Crippen LogP contribution >= 0.6 is 0 Å². The van der Waals surface area contributed by atoms with E-state index in [1.807, 2.05) is 4.90 Å². The Labute approximate surface area is 124 Å². The molecule has 2 fully saturated rings. The Kier molecular flexibility index (Phi) is 3.31. The zero-order valence-corrected chi connectivity index (χ0v) is 12.4. The Balaban J connectivity index is 1.26. The van der Waals surface area contributed by atoms with E-state index in [0.29, 0.717) is 6.54 Å². The molecule has 114 valence electrons. The van der Waals surface area contributed by atoms with Crippen molar-refractivity contribution in [3.63, 3.8) is 0 Å². The number of nitrogens with one attached hydrogen (secondary N) is 1. The third-order valence-corrected chi connectivity index (χ3v) is 5.32. The zero-order chi connectivity index (χ0) is 14.2. The molecule has 1 saturated heterocycles. The highest BCUT2D eigenvalue weighted by atomic mass is 16.2. The number of urea groups is 1. The predicted molar refractivity (Wildman–Crippen MR) is 77.8 cm³/mol. The first kappa shape index (κ1) is 13.1. The second-order valence-corrected chi connectivity index (χ2v) is 6.63. The average molecular weight is 289 g/mol. The van der Waals surface area contributed by atoms with E-state index >= 15 is 0 Å². The number of hydrogen-bond donors (Lipinski definition) is 1. The van der Waals surface area contributed by atoms with Crippen molar-refractivity contribution in [2.45, 2.75) is 45.1 Å². The molecule has 2 atom stereocenters. The van der Waals surface area contributed by atoms with Gasteiger partial charge in [-0.05, 0) is 31.1 Å². The van der Waals surface area contributed by atoms with Gasteiger partial charge in [-0.25, -0.2) is 4.79 Å². The number of fused-ring (bicyclic) bond motifs is 2. The van der Waals surface area contributed by atoms with Crippen LogP contribution in [0.1, 0.15) is 37.3 Å². The topological polar surface area (TPSA) is 63.1 Å². The van der Waals surface area contributed by atoms with Gasteiger partial charge in [-0.2, -0.15) is 0 Å². The lowest BCUT2D eigenvalue weighted by atomic mass is 10.0. The van der Waals surface area contributed by atoms with E-state index in [9.17, 15) is 4.79 Å². The summed E-state index contributed by atoms with van der Waals surface area (Å²) in [5.41, 5.74) is 0. The lowest BCUT2D eigenvalue weighted by molar-refractivity contribution is 0.205. The molecule has 0 spiro atoms. The molecule has 3 aliphatic rings. The number of aromatic nitrogens is 3. The van der Waals surface area contributed by atoms with Gasteiger partial charge < -0.3 is 14.8 Å². The number of nitrogens with zero attached hydrogens (tertiary/aromatic N) is 4. The molecule has 0 aromatic carbocycles. The van der Waals surface area contributed by atoms with Crippen molar-refractivity contribution in [1.82, 2.24) is 25.0 Å². The SMILES string of the molecule is O=C(NCCc1nnc2n1CCC2)N1C[C@@H]2CCC[C@H]2C1. The molecule has 2 aliphatic heterocycles. The van der Waals surface area contributed by atoms with Crippen molar-refractivity contribution in [2.75, 3.05) is 19.6 Å². The number of amides is 2. The second kappa shape index (κ2) is 5.31. The van der Waals surface area contributed by atoms with Gasteiger partial charge >= 0.3 is 6.03 Å². The minimum absolute atomic E-state index is 0.102. The number of carbonyl (C=O) groups is 1. The highest BCUT2D eigenvalue weighted by molar-refractivity contribution is 5.74. The third-order valence-electron chi connectivity index (χ3n) is 5.32. The summed E-state index contributed by atoms with van der Waals surface area (Å²) in [6.07, 6.45) is 6.94. The minimum atomic E-state index is 0.102. The van der Waals surface area contributed by atoms with Crippen molar-refractivity contribution in [3.8, 4) is 0 Å². The van der Waals surface area contributed by atoms with Gasteiger partial charge in [0.1, 0.15) is 11.6 Å². The molecule has 0 bridgehead atoms. The molecule has 1 aliphatic carbocycles. The van der Waals surface area contributed by atoms with Gasteiger partial charge in [0.15, 0.2) is 0 Å². The molecular weight excluding hydrogens is 266 g/mol. The quantitative estimate of drug-likeness (QED) is 0.909.